The molecule has 7 rings (SSSR count). The number of aryl methyl sites for hydroxylation is 1. The van der Waals surface area contributed by atoms with Crippen LogP contribution in [0, 0.1) is 6.92 Å². The Hall–Kier alpha value is -4.11. The predicted octanol–water partition coefficient (Wildman–Crippen LogP) is 9.28. The number of aliphatic carboxylic acids is 1. The van der Waals surface area contributed by atoms with Crippen LogP contribution in [0.25, 0.3) is 54.1 Å². The van der Waals surface area contributed by atoms with E-state index >= 15 is 0 Å². The van der Waals surface area contributed by atoms with Crippen molar-refractivity contribution in [3.63, 3.8) is 0 Å². The molecule has 0 saturated heterocycles. The normalized spacial score (nSPS) is 14.4. The van der Waals surface area contributed by atoms with Gasteiger partial charge in [-0.1, -0.05) is 29.8 Å². The van der Waals surface area contributed by atoms with Crippen LogP contribution in [0.2, 0.25) is 5.02 Å². The Bertz CT molecular complexity index is 2060. The number of halogens is 1. The van der Waals surface area contributed by atoms with E-state index in [1.165, 1.54) is 24.2 Å². The van der Waals surface area contributed by atoms with Crippen LogP contribution in [0.4, 0.5) is 0 Å². The van der Waals surface area contributed by atoms with Crippen molar-refractivity contribution in [1.29, 1.82) is 0 Å². The molecule has 6 aromatic rings. The minimum atomic E-state index is -1.16. The highest BCUT2D eigenvalue weighted by Crippen LogP contribution is 2.45. The minimum Gasteiger partial charge on any atom is -0.479 e. The Kier molecular flexibility index (Phi) is 7.03. The van der Waals surface area contributed by atoms with Crippen molar-refractivity contribution in [2.75, 3.05) is 0 Å². The fourth-order valence-electron chi connectivity index (χ4n) is 5.71. The van der Waals surface area contributed by atoms with E-state index in [1.54, 1.807) is 0 Å². The fraction of sp³-hybridized carbons (Fsp3) is 0.257. The Morgan fingerprint density at radius 1 is 1.05 bits per heavy atom. The number of carboxylic acids is 1. The molecule has 1 saturated carbocycles. The van der Waals surface area contributed by atoms with E-state index in [9.17, 15) is 9.90 Å². The lowest BCUT2D eigenvalue weighted by atomic mass is 9.91. The maximum Gasteiger partial charge on any atom is 0.337 e. The highest BCUT2D eigenvalue weighted by atomic mass is 35.5. The molecular formula is C35H31ClN4O3S. The standard InChI is InChI=1S/C35H31ClN4O3S/c1-19-15-27-32(30(20-5-8-24(36)9-6-20)29(19)31(34(41)42)43-35(2,3)4)44-33(39-27)22-13-14-37-26(17-22)21-7-12-28-23(16-21)18-38-40(28)25-10-11-25/h5-9,12-18,25,31H,10-11H2,1-4H3,(H,41,42). The molecule has 3 aromatic heterocycles. The molecule has 7 nitrogen and oxygen atoms in total. The van der Waals surface area contributed by atoms with E-state index in [1.807, 2.05) is 76.5 Å². The van der Waals surface area contributed by atoms with Gasteiger partial charge in [0.1, 0.15) is 5.01 Å². The molecule has 1 fully saturated rings. The Balaban J connectivity index is 1.36. The number of hydrogen-bond acceptors (Lipinski definition) is 6. The van der Waals surface area contributed by atoms with Gasteiger partial charge in [0.25, 0.3) is 0 Å². The van der Waals surface area contributed by atoms with Crippen LogP contribution in [0.5, 0.6) is 0 Å². The van der Waals surface area contributed by atoms with Gasteiger partial charge in [0.15, 0.2) is 6.10 Å². The molecule has 0 radical (unpaired) electrons. The summed E-state index contributed by atoms with van der Waals surface area (Å²) in [6.45, 7) is 7.51. The van der Waals surface area contributed by atoms with Gasteiger partial charge in [-0.15, -0.1) is 11.3 Å². The van der Waals surface area contributed by atoms with Crippen molar-refractivity contribution >= 4 is 50.0 Å². The van der Waals surface area contributed by atoms with Crippen LogP contribution >= 0.6 is 22.9 Å². The molecule has 9 heteroatoms. The number of aromatic nitrogens is 4. The fourth-order valence-corrected chi connectivity index (χ4v) is 6.95. The molecule has 0 spiro atoms. The molecule has 1 aliphatic rings. The van der Waals surface area contributed by atoms with E-state index in [0.29, 0.717) is 16.6 Å². The zero-order valence-corrected chi connectivity index (χ0v) is 26.4. The Morgan fingerprint density at radius 2 is 1.80 bits per heavy atom. The molecule has 1 atom stereocenters. The van der Waals surface area contributed by atoms with E-state index in [-0.39, 0.29) is 0 Å². The topological polar surface area (TPSA) is 90.1 Å². The van der Waals surface area contributed by atoms with E-state index in [4.69, 9.17) is 21.3 Å². The average molecular weight is 623 g/mol. The molecule has 0 aliphatic heterocycles. The monoisotopic (exact) mass is 622 g/mol. The lowest BCUT2D eigenvalue weighted by molar-refractivity contribution is -0.160. The average Bonchev–Trinajstić information content (AvgIpc) is 3.60. The summed E-state index contributed by atoms with van der Waals surface area (Å²) < 4.78 is 9.16. The zero-order valence-electron chi connectivity index (χ0n) is 24.8. The van der Waals surface area contributed by atoms with Gasteiger partial charge in [-0.05, 0) is 94.1 Å². The van der Waals surface area contributed by atoms with Crippen LogP contribution in [0.3, 0.4) is 0 Å². The lowest BCUT2D eigenvalue weighted by Crippen LogP contribution is -2.28. The first-order valence-electron chi connectivity index (χ1n) is 14.6. The van der Waals surface area contributed by atoms with Crippen LogP contribution in [0.15, 0.2) is 73.1 Å². The molecule has 1 unspecified atom stereocenters. The van der Waals surface area contributed by atoms with Gasteiger partial charge < -0.3 is 9.84 Å². The number of carbonyl (C=O) groups is 1. The number of ether oxygens (including phenoxy) is 1. The van der Waals surface area contributed by atoms with Crippen molar-refractivity contribution in [2.45, 2.75) is 58.3 Å². The van der Waals surface area contributed by atoms with Crippen molar-refractivity contribution in [3.8, 4) is 33.0 Å². The second-order valence-corrected chi connectivity index (χ2v) is 13.8. The number of nitrogens with zero attached hydrogens (tertiary/aromatic N) is 4. The van der Waals surface area contributed by atoms with Gasteiger partial charge in [-0.2, -0.15) is 5.10 Å². The molecule has 3 heterocycles. The maximum absolute atomic E-state index is 12.7. The predicted molar refractivity (Wildman–Crippen MR) is 176 cm³/mol. The molecule has 0 amide bonds. The van der Waals surface area contributed by atoms with Crippen LogP contribution in [-0.4, -0.2) is 36.4 Å². The number of thiazole rings is 1. The Morgan fingerprint density at radius 3 is 2.50 bits per heavy atom. The molecule has 44 heavy (non-hydrogen) atoms. The summed E-state index contributed by atoms with van der Waals surface area (Å²) >= 11 is 7.78. The second-order valence-electron chi connectivity index (χ2n) is 12.3. The number of benzene rings is 3. The van der Waals surface area contributed by atoms with Crippen molar-refractivity contribution in [2.24, 2.45) is 0 Å². The van der Waals surface area contributed by atoms with Crippen molar-refractivity contribution in [1.82, 2.24) is 19.7 Å². The highest BCUT2D eigenvalue weighted by molar-refractivity contribution is 7.22. The van der Waals surface area contributed by atoms with Crippen molar-refractivity contribution < 1.29 is 14.6 Å². The lowest BCUT2D eigenvalue weighted by Gasteiger charge is -2.28. The smallest absolute Gasteiger partial charge is 0.337 e. The number of rotatable bonds is 7. The van der Waals surface area contributed by atoms with Crippen LogP contribution in [-0.2, 0) is 9.53 Å². The van der Waals surface area contributed by atoms with Crippen LogP contribution in [0.1, 0.15) is 56.9 Å². The number of fused-ring (bicyclic) bond motifs is 2. The first kappa shape index (κ1) is 28.6. The Labute approximate surface area is 264 Å². The van der Waals surface area contributed by atoms with E-state index < -0.39 is 17.7 Å². The van der Waals surface area contributed by atoms with Crippen molar-refractivity contribution in [3.05, 3.63) is 89.2 Å². The summed E-state index contributed by atoms with van der Waals surface area (Å²) in [5.41, 5.74) is 7.14. The molecule has 1 N–H and O–H groups in total. The van der Waals surface area contributed by atoms with E-state index in [0.717, 1.165) is 59.6 Å². The second kappa shape index (κ2) is 10.8. The van der Waals surface area contributed by atoms with Gasteiger partial charge in [-0.3, -0.25) is 9.67 Å². The first-order chi connectivity index (χ1) is 21.1. The summed E-state index contributed by atoms with van der Waals surface area (Å²) in [5.74, 6) is -1.04. The third kappa shape index (κ3) is 5.38. The SMILES string of the molecule is Cc1cc2nc(-c3ccnc(-c4ccc5c(cnn5C5CC5)c4)c3)sc2c(-c2ccc(Cl)cc2)c1C(OC(C)(C)C)C(=O)O. The highest BCUT2D eigenvalue weighted by Gasteiger charge is 2.32. The number of pyridine rings is 1. The third-order valence-electron chi connectivity index (χ3n) is 7.81. The molecule has 222 valence electrons. The van der Waals surface area contributed by atoms with Gasteiger partial charge in [0.05, 0.1) is 39.3 Å². The summed E-state index contributed by atoms with van der Waals surface area (Å²) in [7, 11) is 0. The first-order valence-corrected chi connectivity index (χ1v) is 15.8. The molecular weight excluding hydrogens is 592 g/mol. The molecule has 1 aliphatic carbocycles. The van der Waals surface area contributed by atoms with Gasteiger partial charge in [0, 0.05) is 38.9 Å². The summed E-state index contributed by atoms with van der Waals surface area (Å²) in [6.07, 6.45) is 4.95. The quantitative estimate of drug-likeness (QED) is 0.191. The number of carboxylic acid groups (broad SMARTS) is 1. The minimum absolute atomic E-state index is 0.520. The number of hydrogen-bond donors (Lipinski definition) is 1. The van der Waals surface area contributed by atoms with Crippen LogP contribution < -0.4 is 0 Å². The molecule has 0 bridgehead atoms. The largest absolute Gasteiger partial charge is 0.479 e. The summed E-state index contributed by atoms with van der Waals surface area (Å²) in [6, 6.07) is 20.3. The zero-order chi connectivity index (χ0) is 30.7. The maximum atomic E-state index is 12.7. The van der Waals surface area contributed by atoms with Gasteiger partial charge >= 0.3 is 5.97 Å². The third-order valence-corrected chi connectivity index (χ3v) is 9.20. The summed E-state index contributed by atoms with van der Waals surface area (Å²) in [4.78, 5) is 22.4. The van der Waals surface area contributed by atoms with Gasteiger partial charge in [0.2, 0.25) is 0 Å². The van der Waals surface area contributed by atoms with E-state index in [2.05, 4.69) is 39.0 Å². The van der Waals surface area contributed by atoms with Gasteiger partial charge in [-0.25, -0.2) is 9.78 Å². The molecule has 3 aromatic carbocycles. The summed E-state index contributed by atoms with van der Waals surface area (Å²) in [5, 5.41) is 17.5.